The Morgan fingerprint density at radius 1 is 1.25 bits per heavy atom. The molecule has 8 nitrogen and oxygen atoms in total. The SMILES string of the molecule is COCCOc1cc([N+](=O)[O-])c(C(=O)NCC(F)(F)F)cc1OC. The van der Waals surface area contributed by atoms with E-state index in [1.165, 1.54) is 14.2 Å². The second kappa shape index (κ2) is 8.34. The molecule has 0 atom stereocenters. The summed E-state index contributed by atoms with van der Waals surface area (Å²) < 4.78 is 51.5. The topological polar surface area (TPSA) is 99.9 Å². The molecule has 1 N–H and O–H groups in total. The van der Waals surface area contributed by atoms with Crippen LogP contribution < -0.4 is 14.8 Å². The number of nitrogens with one attached hydrogen (secondary N) is 1. The molecule has 11 heteroatoms. The minimum absolute atomic E-state index is 0.0335. The lowest BCUT2D eigenvalue weighted by Gasteiger charge is -2.13. The third-order valence-electron chi connectivity index (χ3n) is 2.72. The van der Waals surface area contributed by atoms with Crippen molar-refractivity contribution in [1.29, 1.82) is 0 Å². The van der Waals surface area contributed by atoms with Gasteiger partial charge in [-0.25, -0.2) is 0 Å². The molecule has 0 aliphatic heterocycles. The van der Waals surface area contributed by atoms with Gasteiger partial charge in [0.2, 0.25) is 0 Å². The molecule has 0 aliphatic rings. The van der Waals surface area contributed by atoms with E-state index in [1.54, 1.807) is 5.32 Å². The number of nitrogens with zero attached hydrogens (tertiary/aromatic N) is 1. The quantitative estimate of drug-likeness (QED) is 0.436. The van der Waals surface area contributed by atoms with E-state index in [1.807, 2.05) is 0 Å². The average molecular weight is 352 g/mol. The van der Waals surface area contributed by atoms with Gasteiger partial charge in [0.1, 0.15) is 18.7 Å². The third-order valence-corrected chi connectivity index (χ3v) is 2.72. The van der Waals surface area contributed by atoms with Crippen LogP contribution in [-0.2, 0) is 4.74 Å². The van der Waals surface area contributed by atoms with Gasteiger partial charge in [-0.05, 0) is 0 Å². The predicted molar refractivity (Wildman–Crippen MR) is 75.4 cm³/mol. The Bertz CT molecular complexity index is 606. The van der Waals surface area contributed by atoms with Gasteiger partial charge in [0, 0.05) is 13.2 Å². The molecular weight excluding hydrogens is 337 g/mol. The molecule has 1 amide bonds. The van der Waals surface area contributed by atoms with E-state index in [2.05, 4.69) is 0 Å². The van der Waals surface area contributed by atoms with Crippen molar-refractivity contribution in [3.63, 3.8) is 0 Å². The largest absolute Gasteiger partial charge is 0.493 e. The average Bonchev–Trinajstić information content (AvgIpc) is 2.51. The molecule has 0 saturated heterocycles. The van der Waals surface area contributed by atoms with Crippen LogP contribution in [0.3, 0.4) is 0 Å². The number of hydrogen-bond donors (Lipinski definition) is 1. The number of ether oxygens (including phenoxy) is 3. The fraction of sp³-hybridized carbons (Fsp3) is 0.462. The number of rotatable bonds is 8. The zero-order valence-corrected chi connectivity index (χ0v) is 12.8. The lowest BCUT2D eigenvalue weighted by molar-refractivity contribution is -0.385. The van der Waals surface area contributed by atoms with Crippen molar-refractivity contribution in [3.8, 4) is 11.5 Å². The van der Waals surface area contributed by atoms with Crippen LogP contribution in [0.4, 0.5) is 18.9 Å². The van der Waals surface area contributed by atoms with Crippen LogP contribution in [0.25, 0.3) is 0 Å². The molecule has 24 heavy (non-hydrogen) atoms. The Morgan fingerprint density at radius 2 is 1.92 bits per heavy atom. The predicted octanol–water partition coefficient (Wildman–Crippen LogP) is 1.92. The smallest absolute Gasteiger partial charge is 0.405 e. The molecule has 0 spiro atoms. The summed E-state index contributed by atoms with van der Waals surface area (Å²) >= 11 is 0. The molecule has 1 aromatic rings. The summed E-state index contributed by atoms with van der Waals surface area (Å²) in [7, 11) is 2.65. The van der Waals surface area contributed by atoms with Crippen LogP contribution in [0.1, 0.15) is 10.4 Å². The van der Waals surface area contributed by atoms with Gasteiger partial charge < -0.3 is 19.5 Å². The number of amides is 1. The first-order valence-electron chi connectivity index (χ1n) is 6.52. The number of nitro benzene ring substituents is 1. The van der Waals surface area contributed by atoms with Crippen LogP contribution in [0, 0.1) is 10.1 Å². The van der Waals surface area contributed by atoms with Crippen LogP contribution in [0.15, 0.2) is 12.1 Å². The highest BCUT2D eigenvalue weighted by atomic mass is 19.4. The molecule has 0 heterocycles. The summed E-state index contributed by atoms with van der Waals surface area (Å²) in [6.07, 6.45) is -4.64. The fourth-order valence-electron chi connectivity index (χ4n) is 1.67. The maximum Gasteiger partial charge on any atom is 0.405 e. The number of benzene rings is 1. The van der Waals surface area contributed by atoms with Crippen molar-refractivity contribution >= 4 is 11.6 Å². The molecule has 0 fully saturated rings. The summed E-state index contributed by atoms with van der Waals surface area (Å²) in [5, 5.41) is 12.7. The molecule has 0 saturated carbocycles. The van der Waals surface area contributed by atoms with E-state index < -0.39 is 34.8 Å². The summed E-state index contributed by atoms with van der Waals surface area (Å²) in [5.74, 6) is -1.32. The Balaban J connectivity index is 3.14. The van der Waals surface area contributed by atoms with E-state index in [0.717, 1.165) is 12.1 Å². The summed E-state index contributed by atoms with van der Waals surface area (Å²) in [4.78, 5) is 22.0. The first-order chi connectivity index (χ1) is 11.2. The van der Waals surface area contributed by atoms with E-state index >= 15 is 0 Å². The van der Waals surface area contributed by atoms with Crippen molar-refractivity contribution in [3.05, 3.63) is 27.8 Å². The zero-order chi connectivity index (χ0) is 18.3. The zero-order valence-electron chi connectivity index (χ0n) is 12.8. The first kappa shape index (κ1) is 19.5. The van der Waals surface area contributed by atoms with E-state index in [9.17, 15) is 28.1 Å². The van der Waals surface area contributed by atoms with Crippen LogP contribution in [0.2, 0.25) is 0 Å². The lowest BCUT2D eigenvalue weighted by Crippen LogP contribution is -2.34. The van der Waals surface area contributed by atoms with Crippen molar-refractivity contribution in [2.24, 2.45) is 0 Å². The van der Waals surface area contributed by atoms with Crippen LogP contribution in [-0.4, -0.2) is 51.0 Å². The van der Waals surface area contributed by atoms with Gasteiger partial charge >= 0.3 is 6.18 Å². The van der Waals surface area contributed by atoms with Gasteiger partial charge in [0.05, 0.1) is 24.7 Å². The maximum atomic E-state index is 12.2. The minimum atomic E-state index is -4.64. The number of alkyl halides is 3. The highest BCUT2D eigenvalue weighted by molar-refractivity contribution is 5.99. The molecule has 1 aromatic carbocycles. The molecule has 0 unspecified atom stereocenters. The summed E-state index contributed by atoms with van der Waals surface area (Å²) in [5.41, 5.74) is -1.27. The van der Waals surface area contributed by atoms with Crippen molar-refractivity contribution < 1.29 is 37.1 Å². The van der Waals surface area contributed by atoms with E-state index in [-0.39, 0.29) is 24.7 Å². The molecule has 0 radical (unpaired) electrons. The Kier molecular flexibility index (Phi) is 6.77. The molecule has 0 aliphatic carbocycles. The van der Waals surface area contributed by atoms with Gasteiger partial charge in [-0.15, -0.1) is 0 Å². The monoisotopic (exact) mass is 352 g/mol. The molecule has 0 aromatic heterocycles. The number of carbonyl (C=O) groups is 1. The Hall–Kier alpha value is -2.56. The van der Waals surface area contributed by atoms with Gasteiger partial charge in [0.15, 0.2) is 11.5 Å². The van der Waals surface area contributed by atoms with Crippen molar-refractivity contribution in [2.45, 2.75) is 6.18 Å². The van der Waals surface area contributed by atoms with E-state index in [0.29, 0.717) is 0 Å². The molecule has 1 rings (SSSR count). The van der Waals surface area contributed by atoms with Crippen LogP contribution >= 0.6 is 0 Å². The van der Waals surface area contributed by atoms with Gasteiger partial charge in [-0.3, -0.25) is 14.9 Å². The second-order valence-electron chi connectivity index (χ2n) is 4.42. The van der Waals surface area contributed by atoms with Crippen LogP contribution in [0.5, 0.6) is 11.5 Å². The summed E-state index contributed by atoms with van der Waals surface area (Å²) in [6.45, 7) is -1.36. The van der Waals surface area contributed by atoms with Gasteiger partial charge in [-0.2, -0.15) is 13.2 Å². The highest BCUT2D eigenvalue weighted by Gasteiger charge is 2.30. The Labute approximate surface area is 134 Å². The highest BCUT2D eigenvalue weighted by Crippen LogP contribution is 2.34. The van der Waals surface area contributed by atoms with Gasteiger partial charge in [-0.1, -0.05) is 0 Å². The van der Waals surface area contributed by atoms with Crippen molar-refractivity contribution in [2.75, 3.05) is 34.0 Å². The Morgan fingerprint density at radius 3 is 2.42 bits per heavy atom. The molecular formula is C13H15F3N2O6. The summed E-state index contributed by atoms with van der Waals surface area (Å²) in [6, 6.07) is 1.86. The van der Waals surface area contributed by atoms with E-state index in [4.69, 9.17) is 14.2 Å². The maximum absolute atomic E-state index is 12.2. The molecule has 0 bridgehead atoms. The number of methoxy groups -OCH3 is 2. The lowest BCUT2D eigenvalue weighted by atomic mass is 10.1. The minimum Gasteiger partial charge on any atom is -0.493 e. The number of nitro groups is 1. The number of hydrogen-bond acceptors (Lipinski definition) is 6. The fourth-order valence-corrected chi connectivity index (χ4v) is 1.67. The number of halogens is 3. The number of carbonyl (C=O) groups excluding carboxylic acids is 1. The second-order valence-corrected chi connectivity index (χ2v) is 4.42. The third kappa shape index (κ3) is 5.57. The molecule has 134 valence electrons. The van der Waals surface area contributed by atoms with Crippen molar-refractivity contribution in [1.82, 2.24) is 5.32 Å². The first-order valence-corrected chi connectivity index (χ1v) is 6.52. The van der Waals surface area contributed by atoms with Gasteiger partial charge in [0.25, 0.3) is 11.6 Å². The normalized spacial score (nSPS) is 11.0. The standard InChI is InChI=1S/C13H15F3N2O6/c1-22-3-4-24-11-6-9(18(20)21)8(5-10(11)23-2)12(19)17-7-13(14,15)16/h5-6H,3-4,7H2,1-2H3,(H,17,19).